The van der Waals surface area contributed by atoms with Crippen LogP contribution in [0.25, 0.3) is 11.7 Å². The number of amides is 2. The molecular weight excluding hydrogens is 370 g/mol. The van der Waals surface area contributed by atoms with E-state index in [1.807, 2.05) is 18.2 Å². The average Bonchev–Trinajstić information content (AvgIpc) is 3.38. The van der Waals surface area contributed by atoms with Gasteiger partial charge in [0, 0.05) is 41.8 Å². The second-order valence-corrected chi connectivity index (χ2v) is 7.27. The van der Waals surface area contributed by atoms with Gasteiger partial charge in [0.05, 0.1) is 12.6 Å². The van der Waals surface area contributed by atoms with Crippen LogP contribution in [0.5, 0.6) is 0 Å². The molecule has 4 heterocycles. The van der Waals surface area contributed by atoms with E-state index in [0.29, 0.717) is 28.5 Å². The smallest absolute Gasteiger partial charge is 0.254 e. The summed E-state index contributed by atoms with van der Waals surface area (Å²) in [6.45, 7) is 0.876. The Bertz CT molecular complexity index is 1130. The van der Waals surface area contributed by atoms with Crippen molar-refractivity contribution in [3.05, 3.63) is 47.9 Å². The zero-order valence-electron chi connectivity index (χ0n) is 15.6. The van der Waals surface area contributed by atoms with E-state index in [2.05, 4.69) is 31.0 Å². The number of pyridine rings is 1. The zero-order chi connectivity index (χ0) is 19.8. The summed E-state index contributed by atoms with van der Waals surface area (Å²) in [6.07, 6.45) is 9.29. The first kappa shape index (κ1) is 17.4. The van der Waals surface area contributed by atoms with Gasteiger partial charge in [-0.05, 0) is 37.0 Å². The number of fused-ring (bicyclic) bond motifs is 1. The van der Waals surface area contributed by atoms with Gasteiger partial charge >= 0.3 is 0 Å². The Balaban J connectivity index is 1.55. The van der Waals surface area contributed by atoms with Gasteiger partial charge in [0.15, 0.2) is 5.65 Å². The minimum absolute atomic E-state index is 0.0674. The Morgan fingerprint density at radius 2 is 2.07 bits per heavy atom. The van der Waals surface area contributed by atoms with Gasteiger partial charge in [-0.1, -0.05) is 0 Å². The summed E-state index contributed by atoms with van der Waals surface area (Å²) in [4.78, 5) is 32.1. The third-order valence-corrected chi connectivity index (χ3v) is 4.95. The zero-order valence-corrected chi connectivity index (χ0v) is 15.6. The minimum Gasteiger partial charge on any atom is -0.370 e. The molecule has 3 aromatic rings. The van der Waals surface area contributed by atoms with Crippen LogP contribution in [-0.2, 0) is 9.59 Å². The van der Waals surface area contributed by atoms with E-state index in [9.17, 15) is 9.59 Å². The summed E-state index contributed by atoms with van der Waals surface area (Å²) in [5.74, 6) is 1.49. The van der Waals surface area contributed by atoms with Gasteiger partial charge < -0.3 is 10.6 Å². The van der Waals surface area contributed by atoms with Crippen molar-refractivity contribution in [2.24, 2.45) is 5.92 Å². The van der Waals surface area contributed by atoms with Crippen molar-refractivity contribution in [2.75, 3.05) is 17.2 Å². The van der Waals surface area contributed by atoms with E-state index < -0.39 is 0 Å². The second kappa shape index (κ2) is 7.01. The molecule has 2 aliphatic rings. The third kappa shape index (κ3) is 3.66. The number of nitrogens with one attached hydrogen (secondary N) is 3. The fourth-order valence-electron chi connectivity index (χ4n) is 3.23. The molecule has 9 heteroatoms. The van der Waals surface area contributed by atoms with E-state index >= 15 is 0 Å². The molecule has 0 atom stereocenters. The van der Waals surface area contributed by atoms with Gasteiger partial charge in [0.1, 0.15) is 11.6 Å². The van der Waals surface area contributed by atoms with E-state index in [4.69, 9.17) is 0 Å². The quantitative estimate of drug-likeness (QED) is 0.437. The molecule has 2 fully saturated rings. The minimum atomic E-state index is -0.368. The molecule has 29 heavy (non-hydrogen) atoms. The summed E-state index contributed by atoms with van der Waals surface area (Å²) in [5.41, 5.74) is 2.55. The van der Waals surface area contributed by atoms with Crippen molar-refractivity contribution < 1.29 is 9.59 Å². The lowest BCUT2D eigenvalue weighted by atomic mass is 10.1. The number of nitrogens with zero attached hydrogens (tertiary/aromatic N) is 4. The molecule has 0 radical (unpaired) electrons. The van der Waals surface area contributed by atoms with Crippen LogP contribution in [0.15, 0.2) is 42.4 Å². The van der Waals surface area contributed by atoms with Crippen molar-refractivity contribution in [1.29, 1.82) is 0 Å². The van der Waals surface area contributed by atoms with Crippen molar-refractivity contribution in [1.82, 2.24) is 24.9 Å². The number of rotatable bonds is 6. The lowest BCUT2D eigenvalue weighted by molar-refractivity contribution is -0.124. The number of carbonyl (C=O) groups excluding carboxylic acids is 2. The predicted octanol–water partition coefficient (Wildman–Crippen LogP) is 2.12. The Labute approximate surface area is 166 Å². The molecule has 146 valence electrons. The van der Waals surface area contributed by atoms with Crippen LogP contribution in [-0.4, -0.2) is 37.9 Å². The Morgan fingerprint density at radius 3 is 2.79 bits per heavy atom. The van der Waals surface area contributed by atoms with Crippen LogP contribution in [0, 0.1) is 5.92 Å². The maximum Gasteiger partial charge on any atom is 0.254 e. The van der Waals surface area contributed by atoms with Crippen LogP contribution in [0.3, 0.4) is 0 Å². The highest BCUT2D eigenvalue weighted by Gasteiger charge is 2.25. The molecular formula is C20H19N7O2. The van der Waals surface area contributed by atoms with Gasteiger partial charge in [-0.15, -0.1) is 0 Å². The largest absolute Gasteiger partial charge is 0.370 e. The number of aromatic nitrogens is 4. The Kier molecular flexibility index (Phi) is 4.19. The van der Waals surface area contributed by atoms with Gasteiger partial charge in [0.25, 0.3) is 5.91 Å². The number of anilines is 3. The lowest BCUT2D eigenvalue weighted by Crippen LogP contribution is -2.19. The first-order chi connectivity index (χ1) is 14.2. The van der Waals surface area contributed by atoms with Crippen LogP contribution < -0.4 is 16.0 Å². The average molecular weight is 389 g/mol. The highest BCUT2D eigenvalue weighted by atomic mass is 16.2. The summed E-state index contributed by atoms with van der Waals surface area (Å²) in [6, 6.07) is 5.62. The SMILES string of the molecule is O=C1C/C(=C\c2cnn3c(NCC4CC4)cc(Nc4ccncc4)nc23)C(=O)N1. The maximum absolute atomic E-state index is 11.9. The molecule has 1 aliphatic carbocycles. The summed E-state index contributed by atoms with van der Waals surface area (Å²) < 4.78 is 1.72. The number of hydrogen-bond donors (Lipinski definition) is 3. The van der Waals surface area contributed by atoms with Gasteiger partial charge in [-0.3, -0.25) is 19.9 Å². The molecule has 0 bridgehead atoms. The monoisotopic (exact) mass is 389 g/mol. The molecule has 1 aliphatic heterocycles. The van der Waals surface area contributed by atoms with Crippen molar-refractivity contribution >= 4 is 40.9 Å². The Hall–Kier alpha value is -3.75. The van der Waals surface area contributed by atoms with Crippen molar-refractivity contribution in [2.45, 2.75) is 19.3 Å². The van der Waals surface area contributed by atoms with Crippen LogP contribution >= 0.6 is 0 Å². The van der Waals surface area contributed by atoms with Crippen molar-refractivity contribution in [3.8, 4) is 0 Å². The van der Waals surface area contributed by atoms with Gasteiger partial charge in [-0.2, -0.15) is 9.61 Å². The predicted molar refractivity (Wildman–Crippen MR) is 107 cm³/mol. The van der Waals surface area contributed by atoms with Gasteiger partial charge in [0.2, 0.25) is 5.91 Å². The van der Waals surface area contributed by atoms with Gasteiger partial charge in [-0.25, -0.2) is 4.98 Å². The highest BCUT2D eigenvalue weighted by Crippen LogP contribution is 2.30. The topological polar surface area (TPSA) is 113 Å². The standard InChI is InChI=1S/C20H19N7O2/c28-18-8-13(20(29)26-18)7-14-11-23-27-17(22-10-12-1-2-12)9-16(25-19(14)27)24-15-3-5-21-6-4-15/h3-7,9,11-12,22H,1-2,8,10H2,(H,21,24,25)(H,26,28,29)/b13-7+. The molecule has 0 unspecified atom stereocenters. The summed E-state index contributed by atoms with van der Waals surface area (Å²) in [7, 11) is 0. The fourth-order valence-corrected chi connectivity index (χ4v) is 3.23. The second-order valence-electron chi connectivity index (χ2n) is 7.27. The molecule has 2 amide bonds. The van der Waals surface area contributed by atoms with E-state index in [-0.39, 0.29) is 18.2 Å². The first-order valence-electron chi connectivity index (χ1n) is 9.50. The van der Waals surface area contributed by atoms with Crippen molar-refractivity contribution in [3.63, 3.8) is 0 Å². The number of carbonyl (C=O) groups is 2. The summed E-state index contributed by atoms with van der Waals surface area (Å²) >= 11 is 0. The third-order valence-electron chi connectivity index (χ3n) is 4.95. The molecule has 3 N–H and O–H groups in total. The maximum atomic E-state index is 11.9. The first-order valence-corrected chi connectivity index (χ1v) is 9.50. The molecule has 1 saturated heterocycles. The van der Waals surface area contributed by atoms with E-state index in [1.165, 1.54) is 12.8 Å². The highest BCUT2D eigenvalue weighted by molar-refractivity contribution is 6.15. The van der Waals surface area contributed by atoms with Crippen LogP contribution in [0.2, 0.25) is 0 Å². The summed E-state index contributed by atoms with van der Waals surface area (Å²) in [5, 5.41) is 13.5. The van der Waals surface area contributed by atoms with Crippen LogP contribution in [0.4, 0.5) is 17.3 Å². The number of imide groups is 1. The molecule has 0 aromatic carbocycles. The normalized spacial score (nSPS) is 17.7. The van der Waals surface area contributed by atoms with Crippen LogP contribution in [0.1, 0.15) is 24.8 Å². The number of hydrogen-bond acceptors (Lipinski definition) is 7. The van der Waals surface area contributed by atoms with E-state index in [0.717, 1.165) is 18.1 Å². The molecule has 1 saturated carbocycles. The molecule has 9 nitrogen and oxygen atoms in total. The lowest BCUT2D eigenvalue weighted by Gasteiger charge is -2.12. The fraction of sp³-hybridized carbons (Fsp3) is 0.250. The molecule has 3 aromatic heterocycles. The molecule has 0 spiro atoms. The Morgan fingerprint density at radius 1 is 1.24 bits per heavy atom. The van der Waals surface area contributed by atoms with E-state index in [1.54, 1.807) is 29.2 Å². The molecule has 5 rings (SSSR count).